The Morgan fingerprint density at radius 3 is 2.94 bits per heavy atom. The van der Waals surface area contributed by atoms with Crippen molar-refractivity contribution in [2.45, 2.75) is 13.3 Å². The fourth-order valence-electron chi connectivity index (χ4n) is 1.62. The van der Waals surface area contributed by atoms with Crippen LogP contribution in [0.1, 0.15) is 11.4 Å². The molecule has 0 atom stereocenters. The maximum atomic E-state index is 8.89. The molecule has 16 heavy (non-hydrogen) atoms. The smallest absolute Gasteiger partial charge is 0.137 e. The molecule has 84 valence electrons. The van der Waals surface area contributed by atoms with Crippen LogP contribution in [0.4, 0.5) is 0 Å². The quantitative estimate of drug-likeness (QED) is 0.861. The van der Waals surface area contributed by atoms with Gasteiger partial charge in [0.05, 0.1) is 5.69 Å². The fourth-order valence-corrected chi connectivity index (χ4v) is 1.81. The Balaban J connectivity index is 2.37. The lowest BCUT2D eigenvalue weighted by Crippen LogP contribution is -1.92. The first-order chi connectivity index (χ1) is 7.70. The lowest BCUT2D eigenvalue weighted by Gasteiger charge is -1.96. The van der Waals surface area contributed by atoms with Gasteiger partial charge in [-0.15, -0.1) is 0 Å². The number of benzene rings is 1. The zero-order chi connectivity index (χ0) is 11.5. The number of H-pyrrole nitrogens is 1. The average molecular weight is 237 g/mol. The number of aliphatic hydroxyl groups is 1. The van der Waals surface area contributed by atoms with Gasteiger partial charge >= 0.3 is 0 Å². The van der Waals surface area contributed by atoms with Gasteiger partial charge in [0.2, 0.25) is 0 Å². The van der Waals surface area contributed by atoms with E-state index in [0.29, 0.717) is 11.4 Å². The van der Waals surface area contributed by atoms with Crippen molar-refractivity contribution < 1.29 is 5.11 Å². The van der Waals surface area contributed by atoms with E-state index in [-0.39, 0.29) is 6.61 Å². The van der Waals surface area contributed by atoms with Crippen molar-refractivity contribution in [2.24, 2.45) is 0 Å². The van der Waals surface area contributed by atoms with Crippen molar-refractivity contribution in [1.82, 2.24) is 9.97 Å². The Morgan fingerprint density at radius 1 is 1.44 bits per heavy atom. The first-order valence-electron chi connectivity index (χ1n) is 5.13. The summed E-state index contributed by atoms with van der Waals surface area (Å²) in [6.07, 6.45) is 0.572. The fraction of sp³-hybridized carbons (Fsp3) is 0.250. The van der Waals surface area contributed by atoms with Crippen molar-refractivity contribution in [3.8, 4) is 11.4 Å². The van der Waals surface area contributed by atoms with E-state index in [0.717, 1.165) is 22.8 Å². The van der Waals surface area contributed by atoms with E-state index >= 15 is 0 Å². The molecular formula is C12H13ClN2O. The van der Waals surface area contributed by atoms with Crippen LogP contribution in [0.15, 0.2) is 24.3 Å². The third-order valence-electron chi connectivity index (χ3n) is 2.43. The Bertz CT molecular complexity index is 494. The van der Waals surface area contributed by atoms with Gasteiger partial charge in [0, 0.05) is 29.3 Å². The number of hydrogen-bond donors (Lipinski definition) is 2. The highest BCUT2D eigenvalue weighted by atomic mass is 35.5. The zero-order valence-corrected chi connectivity index (χ0v) is 9.75. The Kier molecular flexibility index (Phi) is 3.27. The molecule has 0 aliphatic rings. The molecule has 2 N–H and O–H groups in total. The number of aromatic nitrogens is 2. The number of aromatic amines is 1. The summed E-state index contributed by atoms with van der Waals surface area (Å²) >= 11 is 5.92. The summed E-state index contributed by atoms with van der Waals surface area (Å²) in [6, 6.07) is 7.53. The third-order valence-corrected chi connectivity index (χ3v) is 2.67. The van der Waals surface area contributed by atoms with E-state index < -0.39 is 0 Å². The van der Waals surface area contributed by atoms with Crippen LogP contribution >= 0.6 is 11.6 Å². The standard InChI is InChI=1S/C12H13ClN2O/c1-8-11(5-6-16)15-12(14-8)9-3-2-4-10(13)7-9/h2-4,7,16H,5-6H2,1H3,(H,14,15). The highest BCUT2D eigenvalue weighted by Gasteiger charge is 2.07. The zero-order valence-electron chi connectivity index (χ0n) is 9.00. The second-order valence-corrected chi connectivity index (χ2v) is 4.08. The van der Waals surface area contributed by atoms with E-state index in [9.17, 15) is 0 Å². The van der Waals surface area contributed by atoms with Gasteiger partial charge in [0.15, 0.2) is 0 Å². The van der Waals surface area contributed by atoms with E-state index in [1.54, 1.807) is 0 Å². The molecule has 0 fully saturated rings. The molecule has 0 saturated carbocycles. The van der Waals surface area contributed by atoms with Crippen LogP contribution in [-0.4, -0.2) is 21.7 Å². The number of rotatable bonds is 3. The van der Waals surface area contributed by atoms with Crippen LogP contribution in [0.2, 0.25) is 5.02 Å². The summed E-state index contributed by atoms with van der Waals surface area (Å²) in [4.78, 5) is 7.63. The van der Waals surface area contributed by atoms with Crippen LogP contribution in [0, 0.1) is 6.92 Å². The summed E-state index contributed by atoms with van der Waals surface area (Å²) < 4.78 is 0. The molecule has 1 heterocycles. The SMILES string of the molecule is Cc1[nH]c(-c2cccc(Cl)c2)nc1CCO. The molecule has 0 amide bonds. The largest absolute Gasteiger partial charge is 0.396 e. The number of aryl methyl sites for hydroxylation is 1. The number of nitrogens with zero attached hydrogens (tertiary/aromatic N) is 1. The van der Waals surface area contributed by atoms with Crippen LogP contribution in [0.3, 0.4) is 0 Å². The number of hydrogen-bond acceptors (Lipinski definition) is 2. The first-order valence-corrected chi connectivity index (χ1v) is 5.51. The molecule has 0 saturated heterocycles. The van der Waals surface area contributed by atoms with Crippen molar-refractivity contribution in [2.75, 3.05) is 6.61 Å². The number of aliphatic hydroxyl groups excluding tert-OH is 1. The molecular weight excluding hydrogens is 224 g/mol. The summed E-state index contributed by atoms with van der Waals surface area (Å²) in [6.45, 7) is 2.06. The maximum absolute atomic E-state index is 8.89. The van der Waals surface area contributed by atoms with Crippen LogP contribution in [0.5, 0.6) is 0 Å². The van der Waals surface area contributed by atoms with Gasteiger partial charge in [0.25, 0.3) is 0 Å². The van der Waals surface area contributed by atoms with Crippen LogP contribution in [-0.2, 0) is 6.42 Å². The van der Waals surface area contributed by atoms with Crippen molar-refractivity contribution >= 4 is 11.6 Å². The molecule has 0 spiro atoms. The Labute approximate surface area is 99.1 Å². The van der Waals surface area contributed by atoms with E-state index in [1.807, 2.05) is 31.2 Å². The van der Waals surface area contributed by atoms with Gasteiger partial charge in [-0.1, -0.05) is 23.7 Å². The molecule has 0 radical (unpaired) electrons. The molecule has 3 nitrogen and oxygen atoms in total. The second-order valence-electron chi connectivity index (χ2n) is 3.64. The van der Waals surface area contributed by atoms with E-state index in [2.05, 4.69) is 9.97 Å². The van der Waals surface area contributed by atoms with E-state index in [4.69, 9.17) is 16.7 Å². The van der Waals surface area contributed by atoms with Crippen LogP contribution in [0.25, 0.3) is 11.4 Å². The summed E-state index contributed by atoms with van der Waals surface area (Å²) in [5.41, 5.74) is 2.85. The third kappa shape index (κ3) is 2.26. The van der Waals surface area contributed by atoms with Gasteiger partial charge in [-0.2, -0.15) is 0 Å². The minimum Gasteiger partial charge on any atom is -0.396 e. The minimum atomic E-state index is 0.112. The molecule has 1 aromatic carbocycles. The summed E-state index contributed by atoms with van der Waals surface area (Å²) in [5, 5.41) is 9.58. The highest BCUT2D eigenvalue weighted by Crippen LogP contribution is 2.21. The molecule has 0 bridgehead atoms. The summed E-state index contributed by atoms with van der Waals surface area (Å²) in [7, 11) is 0. The molecule has 1 aromatic heterocycles. The Morgan fingerprint density at radius 2 is 2.25 bits per heavy atom. The van der Waals surface area contributed by atoms with Crippen molar-refractivity contribution in [1.29, 1.82) is 0 Å². The van der Waals surface area contributed by atoms with Gasteiger partial charge < -0.3 is 10.1 Å². The van der Waals surface area contributed by atoms with E-state index in [1.165, 1.54) is 0 Å². The molecule has 4 heteroatoms. The predicted molar refractivity (Wildman–Crippen MR) is 64.6 cm³/mol. The first kappa shape index (κ1) is 11.2. The number of nitrogens with one attached hydrogen (secondary N) is 1. The molecule has 2 rings (SSSR count). The predicted octanol–water partition coefficient (Wildman–Crippen LogP) is 2.57. The Hall–Kier alpha value is -1.32. The number of imidazole rings is 1. The molecule has 0 aliphatic heterocycles. The topological polar surface area (TPSA) is 48.9 Å². The lowest BCUT2D eigenvalue weighted by atomic mass is 10.2. The van der Waals surface area contributed by atoms with Gasteiger partial charge in [-0.05, 0) is 19.1 Å². The second kappa shape index (κ2) is 4.68. The number of halogens is 1. The minimum absolute atomic E-state index is 0.112. The lowest BCUT2D eigenvalue weighted by molar-refractivity contribution is 0.298. The highest BCUT2D eigenvalue weighted by molar-refractivity contribution is 6.30. The molecule has 0 unspecified atom stereocenters. The monoisotopic (exact) mass is 236 g/mol. The van der Waals surface area contributed by atoms with Crippen LogP contribution < -0.4 is 0 Å². The van der Waals surface area contributed by atoms with Crippen molar-refractivity contribution in [3.05, 3.63) is 40.7 Å². The molecule has 0 aliphatic carbocycles. The van der Waals surface area contributed by atoms with Crippen molar-refractivity contribution in [3.63, 3.8) is 0 Å². The maximum Gasteiger partial charge on any atom is 0.137 e. The van der Waals surface area contributed by atoms with Gasteiger partial charge in [0.1, 0.15) is 5.82 Å². The molecule has 2 aromatic rings. The normalized spacial score (nSPS) is 10.7. The summed E-state index contributed by atoms with van der Waals surface area (Å²) in [5.74, 6) is 0.795. The van der Waals surface area contributed by atoms with Gasteiger partial charge in [-0.25, -0.2) is 4.98 Å². The average Bonchev–Trinajstić information content (AvgIpc) is 2.61. The van der Waals surface area contributed by atoms with Gasteiger partial charge in [-0.3, -0.25) is 0 Å².